The summed E-state index contributed by atoms with van der Waals surface area (Å²) in [6.07, 6.45) is 3.31. The number of fused-ring (bicyclic) bond motifs is 1. The first-order chi connectivity index (χ1) is 10.0. The SMILES string of the molecule is COCCC(C)(C)CNC1CCCOc2c(C)cccc21. The first kappa shape index (κ1) is 16.3. The van der Waals surface area contributed by atoms with Gasteiger partial charge in [0, 0.05) is 31.9 Å². The van der Waals surface area contributed by atoms with Crippen LogP contribution in [0.2, 0.25) is 0 Å². The summed E-state index contributed by atoms with van der Waals surface area (Å²) in [6, 6.07) is 6.86. The van der Waals surface area contributed by atoms with Gasteiger partial charge in [-0.15, -0.1) is 0 Å². The van der Waals surface area contributed by atoms with Crippen LogP contribution in [0, 0.1) is 12.3 Å². The summed E-state index contributed by atoms with van der Waals surface area (Å²) in [5.41, 5.74) is 2.79. The molecule has 0 amide bonds. The van der Waals surface area contributed by atoms with Gasteiger partial charge in [0.2, 0.25) is 0 Å². The average molecular weight is 291 g/mol. The molecular weight excluding hydrogens is 262 g/mol. The van der Waals surface area contributed by atoms with Crippen molar-refractivity contribution in [2.24, 2.45) is 5.41 Å². The van der Waals surface area contributed by atoms with Crippen molar-refractivity contribution < 1.29 is 9.47 Å². The van der Waals surface area contributed by atoms with Crippen molar-refractivity contribution in [3.63, 3.8) is 0 Å². The van der Waals surface area contributed by atoms with E-state index in [9.17, 15) is 0 Å². The van der Waals surface area contributed by atoms with Crippen molar-refractivity contribution in [2.45, 2.75) is 46.1 Å². The van der Waals surface area contributed by atoms with E-state index in [-0.39, 0.29) is 5.41 Å². The molecule has 1 aliphatic rings. The van der Waals surface area contributed by atoms with Crippen LogP contribution in [-0.2, 0) is 4.74 Å². The molecule has 1 heterocycles. The Morgan fingerprint density at radius 1 is 1.38 bits per heavy atom. The quantitative estimate of drug-likeness (QED) is 0.863. The van der Waals surface area contributed by atoms with Gasteiger partial charge in [-0.25, -0.2) is 0 Å². The predicted molar refractivity (Wildman–Crippen MR) is 86.9 cm³/mol. The Bertz CT molecular complexity index is 457. The van der Waals surface area contributed by atoms with Crippen molar-refractivity contribution in [3.05, 3.63) is 29.3 Å². The average Bonchev–Trinajstić information content (AvgIpc) is 2.67. The first-order valence-electron chi connectivity index (χ1n) is 7.98. The maximum Gasteiger partial charge on any atom is 0.126 e. The molecule has 3 nitrogen and oxygen atoms in total. The third kappa shape index (κ3) is 4.45. The number of rotatable bonds is 6. The summed E-state index contributed by atoms with van der Waals surface area (Å²) in [5, 5.41) is 3.76. The van der Waals surface area contributed by atoms with Crippen LogP contribution in [0.25, 0.3) is 0 Å². The van der Waals surface area contributed by atoms with Gasteiger partial charge in [0.15, 0.2) is 0 Å². The summed E-state index contributed by atoms with van der Waals surface area (Å²) >= 11 is 0. The largest absolute Gasteiger partial charge is 0.493 e. The second-order valence-electron chi connectivity index (χ2n) is 6.82. The molecule has 0 fully saturated rings. The smallest absolute Gasteiger partial charge is 0.126 e. The highest BCUT2D eigenvalue weighted by atomic mass is 16.5. The number of benzene rings is 1. The normalized spacial score (nSPS) is 18.8. The summed E-state index contributed by atoms with van der Waals surface area (Å²) in [7, 11) is 1.77. The van der Waals surface area contributed by atoms with Crippen molar-refractivity contribution >= 4 is 0 Å². The van der Waals surface area contributed by atoms with E-state index in [2.05, 4.69) is 44.3 Å². The molecule has 0 radical (unpaired) electrons. The Labute approximate surface area is 129 Å². The lowest BCUT2D eigenvalue weighted by Gasteiger charge is -2.28. The van der Waals surface area contributed by atoms with E-state index in [0.29, 0.717) is 6.04 Å². The standard InChI is InChI=1S/C18H29NO2/c1-14-7-5-8-15-16(9-6-11-21-17(14)15)19-13-18(2,3)10-12-20-4/h5,7-8,16,19H,6,9-13H2,1-4H3. The fourth-order valence-corrected chi connectivity index (χ4v) is 2.84. The van der Waals surface area contributed by atoms with Crippen molar-refractivity contribution in [1.82, 2.24) is 5.32 Å². The number of aryl methyl sites for hydroxylation is 1. The lowest BCUT2D eigenvalue weighted by molar-refractivity contribution is 0.148. The minimum Gasteiger partial charge on any atom is -0.493 e. The Hall–Kier alpha value is -1.06. The van der Waals surface area contributed by atoms with Gasteiger partial charge in [0.1, 0.15) is 5.75 Å². The number of ether oxygens (including phenoxy) is 2. The van der Waals surface area contributed by atoms with Crippen LogP contribution in [-0.4, -0.2) is 26.9 Å². The highest BCUT2D eigenvalue weighted by Gasteiger charge is 2.24. The van der Waals surface area contributed by atoms with Gasteiger partial charge < -0.3 is 14.8 Å². The maximum absolute atomic E-state index is 5.95. The van der Waals surface area contributed by atoms with Crippen molar-refractivity contribution in [2.75, 3.05) is 26.9 Å². The topological polar surface area (TPSA) is 30.5 Å². The molecule has 1 aromatic carbocycles. The molecule has 1 aromatic rings. The van der Waals surface area contributed by atoms with Crippen LogP contribution in [0.1, 0.15) is 50.3 Å². The van der Waals surface area contributed by atoms with Crippen molar-refractivity contribution in [1.29, 1.82) is 0 Å². The number of methoxy groups -OCH3 is 1. The first-order valence-corrected chi connectivity index (χ1v) is 7.98. The van der Waals surface area contributed by atoms with Gasteiger partial charge in [-0.3, -0.25) is 0 Å². The van der Waals surface area contributed by atoms with Gasteiger partial charge in [-0.1, -0.05) is 32.0 Å². The summed E-state index contributed by atoms with van der Waals surface area (Å²) in [5.74, 6) is 1.09. The molecule has 0 saturated carbocycles. The molecule has 2 rings (SSSR count). The maximum atomic E-state index is 5.95. The molecule has 0 aliphatic carbocycles. The number of nitrogens with one attached hydrogen (secondary N) is 1. The summed E-state index contributed by atoms with van der Waals surface area (Å²) < 4.78 is 11.2. The van der Waals surface area contributed by atoms with E-state index in [1.165, 1.54) is 11.1 Å². The molecule has 1 atom stereocenters. The molecule has 0 aromatic heterocycles. The molecule has 1 unspecified atom stereocenters. The lowest BCUT2D eigenvalue weighted by Crippen LogP contribution is -2.33. The second kappa shape index (κ2) is 7.28. The fourth-order valence-electron chi connectivity index (χ4n) is 2.84. The minimum absolute atomic E-state index is 0.243. The third-order valence-electron chi connectivity index (χ3n) is 4.31. The highest BCUT2D eigenvalue weighted by molar-refractivity contribution is 5.43. The number of para-hydroxylation sites is 1. The van der Waals surface area contributed by atoms with Gasteiger partial charge in [-0.05, 0) is 37.2 Å². The van der Waals surface area contributed by atoms with Gasteiger partial charge in [0.05, 0.1) is 6.61 Å². The second-order valence-corrected chi connectivity index (χ2v) is 6.82. The van der Waals surface area contributed by atoms with E-state index in [4.69, 9.17) is 9.47 Å². The Kier molecular flexibility index (Phi) is 5.65. The highest BCUT2D eigenvalue weighted by Crippen LogP contribution is 2.34. The van der Waals surface area contributed by atoms with E-state index in [0.717, 1.165) is 44.8 Å². The Balaban J connectivity index is 2.05. The van der Waals surface area contributed by atoms with E-state index in [1.807, 2.05) is 0 Å². The minimum atomic E-state index is 0.243. The zero-order valence-electron chi connectivity index (χ0n) is 13.9. The Morgan fingerprint density at radius 3 is 2.95 bits per heavy atom. The molecule has 3 heteroatoms. The number of hydrogen-bond acceptors (Lipinski definition) is 3. The predicted octanol–water partition coefficient (Wildman–Crippen LogP) is 3.86. The van der Waals surface area contributed by atoms with Crippen LogP contribution >= 0.6 is 0 Å². The van der Waals surface area contributed by atoms with Gasteiger partial charge in [-0.2, -0.15) is 0 Å². The lowest BCUT2D eigenvalue weighted by atomic mass is 9.88. The van der Waals surface area contributed by atoms with Crippen LogP contribution in [0.5, 0.6) is 5.75 Å². The molecule has 0 spiro atoms. The number of hydrogen-bond donors (Lipinski definition) is 1. The molecule has 118 valence electrons. The fraction of sp³-hybridized carbons (Fsp3) is 0.667. The summed E-state index contributed by atoms with van der Waals surface area (Å²) in [6.45, 7) is 9.35. The Morgan fingerprint density at radius 2 is 2.19 bits per heavy atom. The van der Waals surface area contributed by atoms with Crippen LogP contribution < -0.4 is 10.1 Å². The van der Waals surface area contributed by atoms with Crippen molar-refractivity contribution in [3.8, 4) is 5.75 Å². The molecule has 21 heavy (non-hydrogen) atoms. The van der Waals surface area contributed by atoms with Gasteiger partial charge in [0.25, 0.3) is 0 Å². The van der Waals surface area contributed by atoms with Crippen LogP contribution in [0.15, 0.2) is 18.2 Å². The monoisotopic (exact) mass is 291 g/mol. The molecule has 1 aliphatic heterocycles. The third-order valence-corrected chi connectivity index (χ3v) is 4.31. The van der Waals surface area contributed by atoms with E-state index >= 15 is 0 Å². The zero-order chi connectivity index (χ0) is 15.3. The van der Waals surface area contributed by atoms with Crippen LogP contribution in [0.3, 0.4) is 0 Å². The molecule has 0 saturated heterocycles. The molecule has 1 N–H and O–H groups in total. The molecule has 0 bridgehead atoms. The zero-order valence-corrected chi connectivity index (χ0v) is 13.9. The van der Waals surface area contributed by atoms with E-state index < -0.39 is 0 Å². The summed E-state index contributed by atoms with van der Waals surface area (Å²) in [4.78, 5) is 0. The molecular formula is C18H29NO2. The van der Waals surface area contributed by atoms with E-state index in [1.54, 1.807) is 7.11 Å². The van der Waals surface area contributed by atoms with Gasteiger partial charge >= 0.3 is 0 Å². The van der Waals surface area contributed by atoms with Crippen LogP contribution in [0.4, 0.5) is 0 Å².